The summed E-state index contributed by atoms with van der Waals surface area (Å²) < 4.78 is 13.2. The van der Waals surface area contributed by atoms with E-state index in [4.69, 9.17) is 20.9 Å². The van der Waals surface area contributed by atoms with Crippen LogP contribution in [-0.2, 0) is 15.1 Å². The van der Waals surface area contributed by atoms with Crippen molar-refractivity contribution in [3.05, 3.63) is 119 Å². The standard InChI is InChI=1S/C28H28N4O2/c29-26-24(18-31-27(30)32-26)25-17-16-23(34-25)19-33-28(20-10-4-1-5-11-20,21-12-6-2-7-13-21)22-14-8-3-9-15-22/h1-15,18,23,25H,16-17,19H2,(H4,29,30,31,32)/t23-,25?/m0/s1. The first-order valence-corrected chi connectivity index (χ1v) is 11.5. The average molecular weight is 453 g/mol. The summed E-state index contributed by atoms with van der Waals surface area (Å²) in [6.45, 7) is 0.422. The van der Waals surface area contributed by atoms with Crippen LogP contribution in [0.4, 0.5) is 11.8 Å². The lowest BCUT2D eigenvalue weighted by molar-refractivity contribution is -0.0622. The fraction of sp³-hybridized carbons (Fsp3) is 0.214. The number of nitrogens with two attached hydrogens (primary N) is 2. The number of benzene rings is 3. The number of anilines is 2. The Balaban J connectivity index is 1.46. The first-order chi connectivity index (χ1) is 16.7. The van der Waals surface area contributed by atoms with E-state index < -0.39 is 5.60 Å². The molecule has 4 aromatic rings. The van der Waals surface area contributed by atoms with Gasteiger partial charge in [-0.25, -0.2) is 4.98 Å². The van der Waals surface area contributed by atoms with Crippen molar-refractivity contribution in [3.63, 3.8) is 0 Å². The van der Waals surface area contributed by atoms with Crippen molar-refractivity contribution >= 4 is 11.8 Å². The second-order valence-corrected chi connectivity index (χ2v) is 8.48. The topological polar surface area (TPSA) is 96.3 Å². The maximum atomic E-state index is 6.90. The summed E-state index contributed by atoms with van der Waals surface area (Å²) in [5, 5.41) is 0. The van der Waals surface area contributed by atoms with Crippen LogP contribution in [0.15, 0.2) is 97.2 Å². The minimum absolute atomic E-state index is 0.0857. The highest BCUT2D eigenvalue weighted by molar-refractivity contribution is 5.47. The third-order valence-electron chi connectivity index (χ3n) is 6.35. The van der Waals surface area contributed by atoms with Gasteiger partial charge in [0.05, 0.1) is 18.8 Å². The Morgan fingerprint density at radius 2 is 1.32 bits per heavy atom. The van der Waals surface area contributed by atoms with Crippen LogP contribution in [0.1, 0.15) is 41.2 Å². The quantitative estimate of drug-likeness (QED) is 0.388. The van der Waals surface area contributed by atoms with Crippen LogP contribution in [0.25, 0.3) is 0 Å². The summed E-state index contributed by atoms with van der Waals surface area (Å²) in [5.41, 5.74) is 14.9. The lowest BCUT2D eigenvalue weighted by Gasteiger charge is -2.36. The van der Waals surface area contributed by atoms with Crippen LogP contribution in [0.2, 0.25) is 0 Å². The number of nitrogens with zero attached hydrogens (tertiary/aromatic N) is 2. The fourth-order valence-electron chi connectivity index (χ4n) is 4.71. The van der Waals surface area contributed by atoms with Crippen molar-refractivity contribution in [2.24, 2.45) is 0 Å². The predicted molar refractivity (Wildman–Crippen MR) is 133 cm³/mol. The molecule has 0 radical (unpaired) electrons. The molecule has 1 fully saturated rings. The van der Waals surface area contributed by atoms with Crippen molar-refractivity contribution in [2.75, 3.05) is 18.1 Å². The third kappa shape index (κ3) is 4.25. The van der Waals surface area contributed by atoms with E-state index >= 15 is 0 Å². The van der Waals surface area contributed by atoms with E-state index in [1.807, 2.05) is 54.6 Å². The molecular weight excluding hydrogens is 424 g/mol. The van der Waals surface area contributed by atoms with Gasteiger partial charge in [-0.05, 0) is 29.5 Å². The highest BCUT2D eigenvalue weighted by atomic mass is 16.6. The van der Waals surface area contributed by atoms with E-state index in [0.717, 1.165) is 35.1 Å². The van der Waals surface area contributed by atoms with Crippen LogP contribution in [0, 0.1) is 0 Å². The third-order valence-corrected chi connectivity index (χ3v) is 6.35. The van der Waals surface area contributed by atoms with Crippen molar-refractivity contribution in [1.29, 1.82) is 0 Å². The minimum Gasteiger partial charge on any atom is -0.383 e. The molecule has 1 aliphatic rings. The van der Waals surface area contributed by atoms with Gasteiger partial charge in [-0.1, -0.05) is 91.0 Å². The number of nitrogen functional groups attached to an aromatic ring is 2. The van der Waals surface area contributed by atoms with Gasteiger partial charge in [0, 0.05) is 11.8 Å². The molecule has 6 nitrogen and oxygen atoms in total. The molecule has 6 heteroatoms. The van der Waals surface area contributed by atoms with E-state index in [0.29, 0.717) is 12.4 Å². The SMILES string of the molecule is Nc1ncc(C2CC[C@@H](COC(c3ccccc3)(c3ccccc3)c3ccccc3)O2)c(N)n1. The normalized spacial score (nSPS) is 18.1. The summed E-state index contributed by atoms with van der Waals surface area (Å²) in [4.78, 5) is 8.17. The first kappa shape index (κ1) is 22.1. The molecule has 1 saturated heterocycles. The molecule has 34 heavy (non-hydrogen) atoms. The van der Waals surface area contributed by atoms with Crippen LogP contribution in [0.5, 0.6) is 0 Å². The number of hydrogen-bond acceptors (Lipinski definition) is 6. The zero-order valence-electron chi connectivity index (χ0n) is 18.9. The van der Waals surface area contributed by atoms with Crippen LogP contribution in [-0.4, -0.2) is 22.7 Å². The number of hydrogen-bond donors (Lipinski definition) is 2. The second-order valence-electron chi connectivity index (χ2n) is 8.48. The lowest BCUT2D eigenvalue weighted by Crippen LogP contribution is -2.35. The minimum atomic E-state index is -0.769. The van der Waals surface area contributed by atoms with Gasteiger partial charge in [-0.3, -0.25) is 0 Å². The average Bonchev–Trinajstić information content (AvgIpc) is 3.35. The van der Waals surface area contributed by atoms with Gasteiger partial charge in [0.25, 0.3) is 0 Å². The summed E-state index contributed by atoms with van der Waals surface area (Å²) in [6.07, 6.45) is 3.07. The Labute approximate surface area is 199 Å². The van der Waals surface area contributed by atoms with Crippen LogP contribution < -0.4 is 11.5 Å². The Bertz CT molecular complexity index is 1120. The molecule has 0 amide bonds. The Morgan fingerprint density at radius 3 is 1.82 bits per heavy atom. The van der Waals surface area contributed by atoms with Crippen molar-refractivity contribution in [2.45, 2.75) is 30.7 Å². The number of ether oxygens (including phenoxy) is 2. The molecule has 172 valence electrons. The zero-order chi connectivity index (χ0) is 23.4. The zero-order valence-corrected chi connectivity index (χ0v) is 18.9. The predicted octanol–water partition coefficient (Wildman–Crippen LogP) is 4.87. The first-order valence-electron chi connectivity index (χ1n) is 11.5. The van der Waals surface area contributed by atoms with Gasteiger partial charge in [0.1, 0.15) is 11.4 Å². The molecule has 2 heterocycles. The van der Waals surface area contributed by atoms with Gasteiger partial charge in [-0.15, -0.1) is 0 Å². The smallest absolute Gasteiger partial charge is 0.221 e. The van der Waals surface area contributed by atoms with Crippen LogP contribution in [0.3, 0.4) is 0 Å². The Kier molecular flexibility index (Phi) is 6.25. The monoisotopic (exact) mass is 452 g/mol. The molecule has 0 saturated carbocycles. The fourth-order valence-corrected chi connectivity index (χ4v) is 4.71. The molecule has 5 rings (SSSR count). The molecule has 0 aliphatic carbocycles. The van der Waals surface area contributed by atoms with Gasteiger partial charge < -0.3 is 20.9 Å². The maximum Gasteiger partial charge on any atom is 0.221 e. The Morgan fingerprint density at radius 1 is 0.794 bits per heavy atom. The summed E-state index contributed by atoms with van der Waals surface area (Å²) in [5.74, 6) is 0.531. The van der Waals surface area contributed by atoms with E-state index in [1.165, 1.54) is 0 Å². The molecule has 0 bridgehead atoms. The lowest BCUT2D eigenvalue weighted by atomic mass is 9.80. The van der Waals surface area contributed by atoms with E-state index in [-0.39, 0.29) is 18.2 Å². The van der Waals surface area contributed by atoms with Crippen LogP contribution >= 0.6 is 0 Å². The van der Waals surface area contributed by atoms with Crippen molar-refractivity contribution in [3.8, 4) is 0 Å². The molecule has 1 aliphatic heterocycles. The van der Waals surface area contributed by atoms with Gasteiger partial charge in [0.2, 0.25) is 5.95 Å². The summed E-state index contributed by atoms with van der Waals surface area (Å²) in [6, 6.07) is 31.0. The largest absolute Gasteiger partial charge is 0.383 e. The van der Waals surface area contributed by atoms with Gasteiger partial charge in [-0.2, -0.15) is 4.98 Å². The van der Waals surface area contributed by atoms with Crippen molar-refractivity contribution in [1.82, 2.24) is 9.97 Å². The van der Waals surface area contributed by atoms with Gasteiger partial charge in [0.15, 0.2) is 0 Å². The van der Waals surface area contributed by atoms with Crippen molar-refractivity contribution < 1.29 is 9.47 Å². The number of aromatic nitrogens is 2. The summed E-state index contributed by atoms with van der Waals surface area (Å²) >= 11 is 0. The molecule has 1 aromatic heterocycles. The highest BCUT2D eigenvalue weighted by Gasteiger charge is 2.39. The van der Waals surface area contributed by atoms with E-state index in [2.05, 4.69) is 46.4 Å². The molecule has 1 unspecified atom stereocenters. The van der Waals surface area contributed by atoms with E-state index in [9.17, 15) is 0 Å². The molecule has 3 aromatic carbocycles. The van der Waals surface area contributed by atoms with Gasteiger partial charge >= 0.3 is 0 Å². The molecule has 2 atom stereocenters. The Hall–Kier alpha value is -3.74. The number of rotatable bonds is 7. The maximum absolute atomic E-state index is 6.90. The van der Waals surface area contributed by atoms with E-state index in [1.54, 1.807) is 6.20 Å². The summed E-state index contributed by atoms with van der Waals surface area (Å²) in [7, 11) is 0. The molecule has 4 N–H and O–H groups in total. The molecular formula is C28H28N4O2. The second kappa shape index (κ2) is 9.63. The highest BCUT2D eigenvalue weighted by Crippen LogP contribution is 2.42. The molecule has 0 spiro atoms.